The fourth-order valence-electron chi connectivity index (χ4n) is 8.88. The first kappa shape index (κ1) is 30.8. The van der Waals surface area contributed by atoms with E-state index in [4.69, 9.17) is 4.74 Å². The summed E-state index contributed by atoms with van der Waals surface area (Å²) in [5.41, 5.74) is 11.5. The van der Waals surface area contributed by atoms with Crippen LogP contribution >= 0.6 is 0 Å². The quantitative estimate of drug-likeness (QED) is 0.183. The Kier molecular flexibility index (Phi) is 6.60. The lowest BCUT2D eigenvalue weighted by atomic mass is 9.72. The molecule has 0 amide bonds. The smallest absolute Gasteiger partial charge is 0.152 e. The number of para-hydroxylation sites is 1. The van der Waals surface area contributed by atoms with Gasteiger partial charge in [0.2, 0.25) is 0 Å². The zero-order valence-corrected chi connectivity index (χ0v) is 30.1. The number of ether oxygens (including phenoxy) is 1. The van der Waals surface area contributed by atoms with E-state index in [0.717, 1.165) is 39.9 Å². The molecule has 0 saturated carbocycles. The van der Waals surface area contributed by atoms with Crippen LogP contribution in [-0.2, 0) is 5.41 Å². The normalized spacial score (nSPS) is 13.6. The molecule has 0 N–H and O–H groups in total. The van der Waals surface area contributed by atoms with Gasteiger partial charge in [-0.15, -0.1) is 0 Å². The molecule has 2 aliphatic rings. The number of benzene rings is 9. The maximum absolute atomic E-state index is 6.67. The van der Waals surface area contributed by atoms with E-state index < -0.39 is 0 Å². The van der Waals surface area contributed by atoms with Crippen LogP contribution in [0.15, 0.2) is 182 Å². The van der Waals surface area contributed by atoms with Crippen molar-refractivity contribution < 1.29 is 4.74 Å². The number of fused-ring (bicyclic) bond motifs is 8. The van der Waals surface area contributed by atoms with E-state index in [0.29, 0.717) is 0 Å². The highest BCUT2D eigenvalue weighted by molar-refractivity contribution is 6.06. The summed E-state index contributed by atoms with van der Waals surface area (Å²) in [5, 5.41) is 7.26. The Morgan fingerprint density at radius 2 is 1.07 bits per heavy atom. The summed E-state index contributed by atoms with van der Waals surface area (Å²) in [6, 6.07) is 66.0. The van der Waals surface area contributed by atoms with E-state index in [-0.39, 0.29) is 5.41 Å². The summed E-state index contributed by atoms with van der Waals surface area (Å²) in [5.74, 6) is 1.77. The van der Waals surface area contributed by atoms with Gasteiger partial charge in [0.05, 0.1) is 22.7 Å². The van der Waals surface area contributed by atoms with Gasteiger partial charge in [-0.25, -0.2) is 0 Å². The van der Waals surface area contributed by atoms with Crippen molar-refractivity contribution in [3.8, 4) is 22.6 Å². The van der Waals surface area contributed by atoms with Gasteiger partial charge in [0, 0.05) is 27.6 Å². The molecule has 54 heavy (non-hydrogen) atoms. The second-order valence-corrected chi connectivity index (χ2v) is 15.0. The zero-order valence-electron chi connectivity index (χ0n) is 30.1. The van der Waals surface area contributed by atoms with Crippen molar-refractivity contribution in [2.75, 3.05) is 9.80 Å². The fourth-order valence-corrected chi connectivity index (χ4v) is 8.88. The first-order chi connectivity index (χ1) is 26.5. The molecule has 0 bridgehead atoms. The largest absolute Gasteiger partial charge is 0.453 e. The van der Waals surface area contributed by atoms with Crippen LogP contribution in [0.25, 0.3) is 43.4 Å². The Labute approximate surface area is 314 Å². The summed E-state index contributed by atoms with van der Waals surface area (Å²) in [4.78, 5) is 4.86. The summed E-state index contributed by atoms with van der Waals surface area (Å²) < 4.78 is 6.67. The lowest BCUT2D eigenvalue weighted by molar-refractivity contribution is 0.472. The average Bonchev–Trinajstić information content (AvgIpc) is 3.22. The maximum Gasteiger partial charge on any atom is 0.152 e. The molecule has 0 aliphatic carbocycles. The summed E-state index contributed by atoms with van der Waals surface area (Å²) in [7, 11) is 0. The standard InChI is InChI=1S/C51H36N2O/c1-51(2)43-29-24-38(32-46(43)53-49-42-17-8-6-13-36(42)25-30-48(49)54-47-20-10-18-44(51)50(47)53)34-21-26-39(27-22-34)52(40-28-23-33-11-3-4-14-37(33)31-40)45-19-9-15-35-12-5-7-16-41(35)45/h3-32H,1-2H3. The van der Waals surface area contributed by atoms with Gasteiger partial charge in [0.1, 0.15) is 0 Å². The van der Waals surface area contributed by atoms with E-state index in [1.54, 1.807) is 0 Å². The van der Waals surface area contributed by atoms with Crippen molar-refractivity contribution in [2.45, 2.75) is 19.3 Å². The van der Waals surface area contributed by atoms with Crippen molar-refractivity contribution in [3.63, 3.8) is 0 Å². The molecule has 2 aliphatic heterocycles. The predicted octanol–water partition coefficient (Wildman–Crippen LogP) is 14.5. The number of hydrogen-bond acceptors (Lipinski definition) is 3. The third-order valence-electron chi connectivity index (χ3n) is 11.6. The van der Waals surface area contributed by atoms with E-state index >= 15 is 0 Å². The van der Waals surface area contributed by atoms with E-state index in [2.05, 4.69) is 206 Å². The molecule has 0 saturated heterocycles. The average molecular weight is 693 g/mol. The monoisotopic (exact) mass is 692 g/mol. The molecule has 256 valence electrons. The van der Waals surface area contributed by atoms with Crippen LogP contribution in [-0.4, -0.2) is 0 Å². The van der Waals surface area contributed by atoms with Gasteiger partial charge in [-0.05, 0) is 92.3 Å². The minimum atomic E-state index is -0.218. The molecule has 0 aromatic heterocycles. The molecule has 0 spiro atoms. The highest BCUT2D eigenvalue weighted by Crippen LogP contribution is 2.61. The second kappa shape index (κ2) is 11.6. The first-order valence-electron chi connectivity index (χ1n) is 18.7. The first-order valence-corrected chi connectivity index (χ1v) is 18.7. The highest BCUT2D eigenvalue weighted by atomic mass is 16.5. The van der Waals surface area contributed by atoms with Gasteiger partial charge in [-0.1, -0.05) is 147 Å². The van der Waals surface area contributed by atoms with Crippen LogP contribution in [0.4, 0.5) is 34.1 Å². The zero-order chi connectivity index (χ0) is 36.0. The van der Waals surface area contributed by atoms with Gasteiger partial charge >= 0.3 is 0 Å². The van der Waals surface area contributed by atoms with Gasteiger partial charge < -0.3 is 14.5 Å². The number of nitrogens with zero attached hydrogens (tertiary/aromatic N) is 2. The van der Waals surface area contributed by atoms with Gasteiger partial charge in [-0.3, -0.25) is 0 Å². The maximum atomic E-state index is 6.67. The van der Waals surface area contributed by atoms with Crippen molar-refractivity contribution >= 4 is 66.4 Å². The Bertz CT molecular complexity index is 2960. The third-order valence-corrected chi connectivity index (χ3v) is 11.6. The lowest BCUT2D eigenvalue weighted by Crippen LogP contribution is -2.32. The van der Waals surface area contributed by atoms with Gasteiger partial charge in [-0.2, -0.15) is 0 Å². The molecule has 0 unspecified atom stereocenters. The Morgan fingerprint density at radius 1 is 0.444 bits per heavy atom. The van der Waals surface area contributed by atoms with Gasteiger partial charge in [0.25, 0.3) is 0 Å². The molecule has 0 radical (unpaired) electrons. The molecule has 3 heteroatoms. The highest BCUT2D eigenvalue weighted by Gasteiger charge is 2.42. The Hall–Kier alpha value is -6.84. The van der Waals surface area contributed by atoms with Crippen LogP contribution in [0.2, 0.25) is 0 Å². The number of hydrogen-bond donors (Lipinski definition) is 0. The molecular formula is C51H36N2O. The molecule has 11 rings (SSSR count). The van der Waals surface area contributed by atoms with E-state index in [1.165, 1.54) is 60.3 Å². The predicted molar refractivity (Wildman–Crippen MR) is 226 cm³/mol. The van der Waals surface area contributed by atoms with Crippen molar-refractivity contribution in [2.24, 2.45) is 0 Å². The van der Waals surface area contributed by atoms with Crippen molar-refractivity contribution in [3.05, 3.63) is 193 Å². The summed E-state index contributed by atoms with van der Waals surface area (Å²) in [6.45, 7) is 4.67. The fraction of sp³-hybridized carbons (Fsp3) is 0.0588. The van der Waals surface area contributed by atoms with E-state index in [9.17, 15) is 0 Å². The third kappa shape index (κ3) is 4.55. The molecule has 2 heterocycles. The molecule has 9 aromatic carbocycles. The van der Waals surface area contributed by atoms with Crippen LogP contribution in [0.5, 0.6) is 11.5 Å². The van der Waals surface area contributed by atoms with Crippen LogP contribution in [0.3, 0.4) is 0 Å². The van der Waals surface area contributed by atoms with Crippen LogP contribution < -0.4 is 14.5 Å². The molecule has 9 aromatic rings. The topological polar surface area (TPSA) is 15.7 Å². The van der Waals surface area contributed by atoms with E-state index in [1.807, 2.05) is 0 Å². The van der Waals surface area contributed by atoms with Crippen LogP contribution in [0, 0.1) is 0 Å². The minimum Gasteiger partial charge on any atom is -0.453 e. The number of rotatable bonds is 4. The summed E-state index contributed by atoms with van der Waals surface area (Å²) >= 11 is 0. The van der Waals surface area contributed by atoms with Crippen LogP contribution in [0.1, 0.15) is 25.0 Å². The second-order valence-electron chi connectivity index (χ2n) is 15.0. The Balaban J connectivity index is 1.06. The number of anilines is 6. The lowest BCUT2D eigenvalue weighted by Gasteiger charge is -2.45. The van der Waals surface area contributed by atoms with Gasteiger partial charge in [0.15, 0.2) is 11.5 Å². The Morgan fingerprint density at radius 3 is 1.91 bits per heavy atom. The minimum absolute atomic E-state index is 0.218. The molecular weight excluding hydrogens is 657 g/mol. The van der Waals surface area contributed by atoms with Crippen molar-refractivity contribution in [1.29, 1.82) is 0 Å². The molecule has 0 atom stereocenters. The molecule has 0 fully saturated rings. The van der Waals surface area contributed by atoms with Crippen molar-refractivity contribution in [1.82, 2.24) is 0 Å². The SMILES string of the molecule is CC1(C)c2ccc(-c3ccc(N(c4ccc5ccccc5c4)c4cccc5ccccc45)cc3)cc2N2c3c(cccc31)Oc1ccc3ccccc3c12. The molecule has 3 nitrogen and oxygen atoms in total. The summed E-state index contributed by atoms with van der Waals surface area (Å²) in [6.07, 6.45) is 0.